The number of ether oxygens (including phenoxy) is 1. The van der Waals surface area contributed by atoms with Gasteiger partial charge in [0.25, 0.3) is 0 Å². The van der Waals surface area contributed by atoms with Crippen LogP contribution >= 0.6 is 0 Å². The average Bonchev–Trinajstić information content (AvgIpc) is 2.91. The topological polar surface area (TPSA) is 49.9 Å². The summed E-state index contributed by atoms with van der Waals surface area (Å²) in [6, 6.07) is 8.74. The third-order valence-electron chi connectivity index (χ3n) is 4.25. The van der Waals surface area contributed by atoms with Gasteiger partial charge in [-0.3, -0.25) is 5.10 Å². The van der Waals surface area contributed by atoms with E-state index in [1.54, 1.807) is 0 Å². The fourth-order valence-corrected chi connectivity index (χ4v) is 2.97. The second-order valence-corrected chi connectivity index (χ2v) is 5.88. The van der Waals surface area contributed by atoms with Crippen LogP contribution in [0.15, 0.2) is 30.5 Å². The van der Waals surface area contributed by atoms with Gasteiger partial charge in [-0.05, 0) is 37.9 Å². The zero-order valence-corrected chi connectivity index (χ0v) is 12.7. The molecular weight excluding hydrogens is 262 g/mol. The fraction of sp³-hybridized carbons (Fsp3) is 0.471. The van der Waals surface area contributed by atoms with Crippen molar-refractivity contribution in [3.63, 3.8) is 0 Å². The minimum atomic E-state index is 0.389. The van der Waals surface area contributed by atoms with Crippen LogP contribution in [0.25, 0.3) is 0 Å². The van der Waals surface area contributed by atoms with Gasteiger partial charge < -0.3 is 10.1 Å². The van der Waals surface area contributed by atoms with Crippen molar-refractivity contribution in [1.82, 2.24) is 15.5 Å². The van der Waals surface area contributed by atoms with Crippen molar-refractivity contribution in [3.8, 4) is 5.75 Å². The van der Waals surface area contributed by atoms with Gasteiger partial charge in [0.2, 0.25) is 0 Å². The van der Waals surface area contributed by atoms with E-state index in [1.807, 2.05) is 12.3 Å². The Morgan fingerprint density at radius 1 is 1.38 bits per heavy atom. The number of aryl methyl sites for hydroxylation is 2. The van der Waals surface area contributed by atoms with Crippen LogP contribution < -0.4 is 10.1 Å². The van der Waals surface area contributed by atoms with E-state index in [2.05, 4.69) is 47.6 Å². The minimum Gasteiger partial charge on any atom is -0.493 e. The molecule has 0 bridgehead atoms. The van der Waals surface area contributed by atoms with E-state index >= 15 is 0 Å². The predicted octanol–water partition coefficient (Wildman–Crippen LogP) is 3.01. The predicted molar refractivity (Wildman–Crippen MR) is 83.5 cm³/mol. The van der Waals surface area contributed by atoms with Crippen LogP contribution in [0.3, 0.4) is 0 Å². The molecule has 1 aromatic carbocycles. The molecule has 2 N–H and O–H groups in total. The molecule has 21 heavy (non-hydrogen) atoms. The lowest BCUT2D eigenvalue weighted by molar-refractivity contribution is 0.188. The van der Waals surface area contributed by atoms with E-state index in [4.69, 9.17) is 4.74 Å². The molecule has 1 aliphatic rings. The molecule has 2 aromatic rings. The summed E-state index contributed by atoms with van der Waals surface area (Å²) in [4.78, 5) is 0. The van der Waals surface area contributed by atoms with Gasteiger partial charge in [0.1, 0.15) is 5.75 Å². The quantitative estimate of drug-likeness (QED) is 0.830. The van der Waals surface area contributed by atoms with E-state index in [9.17, 15) is 0 Å². The number of aromatic nitrogens is 2. The zero-order chi connectivity index (χ0) is 14.7. The molecule has 0 spiro atoms. The number of aromatic amines is 1. The molecule has 1 aromatic heterocycles. The van der Waals surface area contributed by atoms with E-state index in [0.29, 0.717) is 12.0 Å². The van der Waals surface area contributed by atoms with Gasteiger partial charge in [0.15, 0.2) is 0 Å². The first kappa shape index (κ1) is 14.1. The molecule has 0 aliphatic carbocycles. The van der Waals surface area contributed by atoms with E-state index in [-0.39, 0.29) is 0 Å². The van der Waals surface area contributed by atoms with Crippen LogP contribution in [0.4, 0.5) is 0 Å². The summed E-state index contributed by atoms with van der Waals surface area (Å²) in [7, 11) is 0. The number of hydrogen-bond acceptors (Lipinski definition) is 3. The smallest absolute Gasteiger partial charge is 0.124 e. The Morgan fingerprint density at radius 3 is 3.05 bits per heavy atom. The number of fused-ring (bicyclic) bond motifs is 1. The molecule has 3 rings (SSSR count). The normalized spacial score (nSPS) is 20.9. The molecule has 0 saturated heterocycles. The van der Waals surface area contributed by atoms with Crippen molar-refractivity contribution < 1.29 is 4.74 Å². The summed E-state index contributed by atoms with van der Waals surface area (Å²) in [6.45, 7) is 6.11. The Hall–Kier alpha value is -1.81. The third kappa shape index (κ3) is 3.10. The lowest BCUT2D eigenvalue weighted by Gasteiger charge is -2.32. The van der Waals surface area contributed by atoms with Crippen molar-refractivity contribution in [2.75, 3.05) is 13.2 Å². The number of benzene rings is 1. The molecule has 2 heterocycles. The van der Waals surface area contributed by atoms with Crippen LogP contribution in [-0.2, 0) is 6.42 Å². The largest absolute Gasteiger partial charge is 0.493 e. The number of H-pyrrole nitrogens is 1. The molecule has 1 aliphatic heterocycles. The molecule has 112 valence electrons. The third-order valence-corrected chi connectivity index (χ3v) is 4.25. The van der Waals surface area contributed by atoms with Gasteiger partial charge in [0, 0.05) is 23.2 Å². The van der Waals surface area contributed by atoms with Crippen molar-refractivity contribution in [3.05, 3.63) is 47.3 Å². The molecule has 0 fully saturated rings. The van der Waals surface area contributed by atoms with E-state index in [0.717, 1.165) is 31.7 Å². The lowest BCUT2D eigenvalue weighted by Crippen LogP contribution is -2.34. The minimum absolute atomic E-state index is 0.389. The van der Waals surface area contributed by atoms with Gasteiger partial charge in [-0.1, -0.05) is 25.1 Å². The maximum absolute atomic E-state index is 5.79. The Kier molecular flexibility index (Phi) is 4.25. The van der Waals surface area contributed by atoms with Crippen molar-refractivity contribution in [2.24, 2.45) is 5.92 Å². The molecule has 0 radical (unpaired) electrons. The molecule has 4 heteroatoms. The average molecular weight is 285 g/mol. The summed E-state index contributed by atoms with van der Waals surface area (Å²) in [6.07, 6.45) is 4.11. The van der Waals surface area contributed by atoms with Crippen LogP contribution in [0.1, 0.15) is 36.2 Å². The maximum atomic E-state index is 5.79. The van der Waals surface area contributed by atoms with Gasteiger partial charge in [-0.2, -0.15) is 5.10 Å². The molecule has 2 unspecified atom stereocenters. The molecule has 0 saturated carbocycles. The van der Waals surface area contributed by atoms with E-state index in [1.165, 1.54) is 16.8 Å². The summed E-state index contributed by atoms with van der Waals surface area (Å²) in [5.74, 6) is 1.52. The van der Waals surface area contributed by atoms with Gasteiger partial charge in [-0.15, -0.1) is 0 Å². The number of para-hydroxylation sites is 1. The number of hydrogen-bond donors (Lipinski definition) is 2. The lowest BCUT2D eigenvalue weighted by atomic mass is 9.92. The first-order valence-corrected chi connectivity index (χ1v) is 7.69. The molecule has 4 nitrogen and oxygen atoms in total. The number of nitrogens with zero attached hydrogens (tertiary/aromatic N) is 1. The highest BCUT2D eigenvalue weighted by atomic mass is 16.5. The molecular formula is C17H23N3O. The summed E-state index contributed by atoms with van der Waals surface area (Å²) in [5.41, 5.74) is 3.78. The van der Waals surface area contributed by atoms with Crippen molar-refractivity contribution in [1.29, 1.82) is 0 Å². The van der Waals surface area contributed by atoms with Crippen molar-refractivity contribution >= 4 is 0 Å². The summed E-state index contributed by atoms with van der Waals surface area (Å²) < 4.78 is 5.79. The SMILES string of the molecule is Cc1[nH]ncc1CCCNC1c2ccccc2OCC1C. The van der Waals surface area contributed by atoms with Gasteiger partial charge in [-0.25, -0.2) is 0 Å². The molecule has 2 atom stereocenters. The first-order valence-electron chi connectivity index (χ1n) is 7.69. The van der Waals surface area contributed by atoms with Crippen molar-refractivity contribution in [2.45, 2.75) is 32.7 Å². The Labute approximate surface area is 125 Å². The highest BCUT2D eigenvalue weighted by Crippen LogP contribution is 2.34. The Bertz CT molecular complexity index is 593. The summed E-state index contributed by atoms with van der Waals surface area (Å²) >= 11 is 0. The van der Waals surface area contributed by atoms with Crippen LogP contribution in [-0.4, -0.2) is 23.3 Å². The second kappa shape index (κ2) is 6.31. The maximum Gasteiger partial charge on any atom is 0.124 e. The fourth-order valence-electron chi connectivity index (χ4n) is 2.97. The highest BCUT2D eigenvalue weighted by Gasteiger charge is 2.26. The number of nitrogens with one attached hydrogen (secondary N) is 2. The first-order chi connectivity index (χ1) is 10.3. The summed E-state index contributed by atoms with van der Waals surface area (Å²) in [5, 5.41) is 10.8. The molecule has 0 amide bonds. The van der Waals surface area contributed by atoms with E-state index < -0.39 is 0 Å². The van der Waals surface area contributed by atoms with Gasteiger partial charge >= 0.3 is 0 Å². The standard InChI is InChI=1S/C17H23N3O/c1-12-11-21-16-8-4-3-7-15(16)17(12)18-9-5-6-14-10-19-20-13(14)2/h3-4,7-8,10,12,17-18H,5-6,9,11H2,1-2H3,(H,19,20). The van der Waals surface area contributed by atoms with Crippen LogP contribution in [0.2, 0.25) is 0 Å². The number of rotatable bonds is 5. The Balaban J connectivity index is 1.56. The van der Waals surface area contributed by atoms with Gasteiger partial charge in [0.05, 0.1) is 12.8 Å². The zero-order valence-electron chi connectivity index (χ0n) is 12.7. The van der Waals surface area contributed by atoms with Crippen LogP contribution in [0.5, 0.6) is 5.75 Å². The second-order valence-electron chi connectivity index (χ2n) is 5.88. The Morgan fingerprint density at radius 2 is 2.24 bits per heavy atom. The van der Waals surface area contributed by atoms with Crippen LogP contribution in [0, 0.1) is 12.8 Å². The monoisotopic (exact) mass is 285 g/mol. The highest BCUT2D eigenvalue weighted by molar-refractivity contribution is 5.37.